The number of carbonyl (C=O) groups is 1. The molecule has 2 N–H and O–H groups in total. The fourth-order valence-corrected chi connectivity index (χ4v) is 2.26. The predicted molar refractivity (Wildman–Crippen MR) is 66.8 cm³/mol. The Morgan fingerprint density at radius 2 is 2.00 bits per heavy atom. The standard InChI is InChI=1S/C13H13NOS/c1-9-7-11(8-16-9)13(15)12(14)10-5-3-2-4-6-10/h2-8,12H,14H2,1H3. The summed E-state index contributed by atoms with van der Waals surface area (Å²) in [6, 6.07) is 10.8. The van der Waals surface area contributed by atoms with Crippen LogP contribution in [-0.4, -0.2) is 5.78 Å². The van der Waals surface area contributed by atoms with Crippen LogP contribution in [0.25, 0.3) is 0 Å². The van der Waals surface area contributed by atoms with E-state index < -0.39 is 6.04 Å². The monoisotopic (exact) mass is 231 g/mol. The van der Waals surface area contributed by atoms with Gasteiger partial charge in [0.1, 0.15) is 0 Å². The van der Waals surface area contributed by atoms with Gasteiger partial charge < -0.3 is 5.73 Å². The Morgan fingerprint density at radius 1 is 1.31 bits per heavy atom. The lowest BCUT2D eigenvalue weighted by molar-refractivity contribution is 0.0962. The molecule has 1 aromatic heterocycles. The lowest BCUT2D eigenvalue weighted by Gasteiger charge is -2.09. The van der Waals surface area contributed by atoms with Gasteiger partial charge in [0, 0.05) is 15.8 Å². The topological polar surface area (TPSA) is 43.1 Å². The highest BCUT2D eigenvalue weighted by Crippen LogP contribution is 2.20. The van der Waals surface area contributed by atoms with Gasteiger partial charge >= 0.3 is 0 Å². The number of Topliss-reactive ketones (excluding diaryl/α,β-unsaturated/α-hetero) is 1. The molecule has 0 radical (unpaired) electrons. The summed E-state index contributed by atoms with van der Waals surface area (Å²) in [4.78, 5) is 13.2. The van der Waals surface area contributed by atoms with Crippen LogP contribution in [0, 0.1) is 6.92 Å². The molecule has 0 aliphatic heterocycles. The maximum absolute atomic E-state index is 12.0. The van der Waals surface area contributed by atoms with Crippen molar-refractivity contribution < 1.29 is 4.79 Å². The fraction of sp³-hybridized carbons (Fsp3) is 0.154. The molecule has 1 atom stereocenters. The lowest BCUT2D eigenvalue weighted by Crippen LogP contribution is -2.20. The van der Waals surface area contributed by atoms with Crippen molar-refractivity contribution in [3.63, 3.8) is 0 Å². The third-order valence-corrected chi connectivity index (χ3v) is 3.32. The molecular weight excluding hydrogens is 218 g/mol. The molecule has 82 valence electrons. The first-order valence-corrected chi connectivity index (χ1v) is 5.96. The second-order valence-corrected chi connectivity index (χ2v) is 4.81. The Labute approximate surface area is 98.7 Å². The molecule has 0 bridgehead atoms. The summed E-state index contributed by atoms with van der Waals surface area (Å²) >= 11 is 1.57. The van der Waals surface area contributed by atoms with Crippen LogP contribution in [0.4, 0.5) is 0 Å². The van der Waals surface area contributed by atoms with Gasteiger partial charge in [-0.2, -0.15) is 0 Å². The molecular formula is C13H13NOS. The predicted octanol–water partition coefficient (Wildman–Crippen LogP) is 2.94. The van der Waals surface area contributed by atoms with Gasteiger partial charge in [0.2, 0.25) is 0 Å². The fourth-order valence-electron chi connectivity index (χ4n) is 1.56. The minimum atomic E-state index is -0.560. The van der Waals surface area contributed by atoms with E-state index in [4.69, 9.17) is 5.73 Å². The van der Waals surface area contributed by atoms with Crippen molar-refractivity contribution in [1.29, 1.82) is 0 Å². The summed E-state index contributed by atoms with van der Waals surface area (Å²) in [6.07, 6.45) is 0. The van der Waals surface area contributed by atoms with Crippen LogP contribution in [0.2, 0.25) is 0 Å². The highest BCUT2D eigenvalue weighted by Gasteiger charge is 2.18. The Hall–Kier alpha value is -1.45. The summed E-state index contributed by atoms with van der Waals surface area (Å²) in [5.74, 6) is -0.0180. The Bertz CT molecular complexity index is 490. The number of ketones is 1. The van der Waals surface area contributed by atoms with Gasteiger partial charge in [0.25, 0.3) is 0 Å². The molecule has 1 unspecified atom stereocenters. The number of hydrogen-bond donors (Lipinski definition) is 1. The van der Waals surface area contributed by atoms with E-state index in [1.165, 1.54) is 0 Å². The molecule has 0 saturated heterocycles. The zero-order valence-electron chi connectivity index (χ0n) is 9.01. The summed E-state index contributed by atoms with van der Waals surface area (Å²) in [7, 11) is 0. The molecule has 1 heterocycles. The normalized spacial score (nSPS) is 12.4. The van der Waals surface area contributed by atoms with Gasteiger partial charge in [-0.3, -0.25) is 4.79 Å². The first-order chi connectivity index (χ1) is 7.68. The first kappa shape index (κ1) is 11.0. The van der Waals surface area contributed by atoms with E-state index in [-0.39, 0.29) is 5.78 Å². The van der Waals surface area contributed by atoms with Gasteiger partial charge in [0.15, 0.2) is 5.78 Å². The third-order valence-electron chi connectivity index (χ3n) is 2.46. The molecule has 0 amide bonds. The van der Waals surface area contributed by atoms with E-state index >= 15 is 0 Å². The second kappa shape index (κ2) is 4.60. The largest absolute Gasteiger partial charge is 0.318 e. The highest BCUT2D eigenvalue weighted by atomic mass is 32.1. The summed E-state index contributed by atoms with van der Waals surface area (Å²) < 4.78 is 0. The molecule has 0 aliphatic carbocycles. The molecule has 0 spiro atoms. The van der Waals surface area contributed by atoms with Crippen LogP contribution in [0.1, 0.15) is 26.8 Å². The summed E-state index contributed by atoms with van der Waals surface area (Å²) in [6.45, 7) is 1.98. The number of thiophene rings is 1. The molecule has 3 heteroatoms. The SMILES string of the molecule is Cc1cc(C(=O)C(N)c2ccccc2)cs1. The molecule has 2 nitrogen and oxygen atoms in total. The summed E-state index contributed by atoms with van der Waals surface area (Å²) in [5.41, 5.74) is 7.50. The molecule has 0 saturated carbocycles. The average Bonchev–Trinajstić information content (AvgIpc) is 2.75. The molecule has 16 heavy (non-hydrogen) atoms. The van der Waals surface area contributed by atoms with Crippen molar-refractivity contribution in [2.75, 3.05) is 0 Å². The average molecular weight is 231 g/mol. The molecule has 0 fully saturated rings. The van der Waals surface area contributed by atoms with Crippen LogP contribution in [0.5, 0.6) is 0 Å². The maximum atomic E-state index is 12.0. The van der Waals surface area contributed by atoms with E-state index in [0.717, 1.165) is 10.4 Å². The quantitative estimate of drug-likeness (QED) is 0.825. The van der Waals surface area contributed by atoms with Crippen molar-refractivity contribution in [3.8, 4) is 0 Å². The van der Waals surface area contributed by atoms with E-state index in [1.54, 1.807) is 11.3 Å². The van der Waals surface area contributed by atoms with E-state index in [0.29, 0.717) is 5.56 Å². The number of aryl methyl sites for hydroxylation is 1. The maximum Gasteiger partial charge on any atom is 0.184 e. The third kappa shape index (κ3) is 2.21. The van der Waals surface area contributed by atoms with E-state index in [9.17, 15) is 4.79 Å². The van der Waals surface area contributed by atoms with Crippen molar-refractivity contribution >= 4 is 17.1 Å². The van der Waals surface area contributed by atoms with Crippen molar-refractivity contribution in [3.05, 3.63) is 57.8 Å². The molecule has 0 aliphatic rings. The van der Waals surface area contributed by atoms with Gasteiger partial charge in [0.05, 0.1) is 6.04 Å². The van der Waals surface area contributed by atoms with Crippen LogP contribution in [0.3, 0.4) is 0 Å². The highest BCUT2D eigenvalue weighted by molar-refractivity contribution is 7.10. The van der Waals surface area contributed by atoms with Crippen molar-refractivity contribution in [1.82, 2.24) is 0 Å². The number of benzene rings is 1. The summed E-state index contributed by atoms with van der Waals surface area (Å²) in [5, 5.41) is 1.86. The first-order valence-electron chi connectivity index (χ1n) is 5.08. The Kier molecular flexibility index (Phi) is 3.17. The minimum absolute atomic E-state index is 0.0180. The second-order valence-electron chi connectivity index (χ2n) is 3.70. The number of nitrogens with two attached hydrogens (primary N) is 1. The van der Waals surface area contributed by atoms with Crippen LogP contribution in [0.15, 0.2) is 41.8 Å². The van der Waals surface area contributed by atoms with Gasteiger partial charge in [-0.15, -0.1) is 11.3 Å². The van der Waals surface area contributed by atoms with Crippen molar-refractivity contribution in [2.45, 2.75) is 13.0 Å². The minimum Gasteiger partial charge on any atom is -0.318 e. The number of hydrogen-bond acceptors (Lipinski definition) is 3. The smallest absolute Gasteiger partial charge is 0.184 e. The van der Waals surface area contributed by atoms with E-state index in [1.807, 2.05) is 48.7 Å². The van der Waals surface area contributed by atoms with Gasteiger partial charge in [-0.25, -0.2) is 0 Å². The van der Waals surface area contributed by atoms with E-state index in [2.05, 4.69) is 0 Å². The number of rotatable bonds is 3. The number of carbonyl (C=O) groups excluding carboxylic acids is 1. The Morgan fingerprint density at radius 3 is 2.56 bits per heavy atom. The Balaban J connectivity index is 2.23. The van der Waals surface area contributed by atoms with Crippen LogP contribution < -0.4 is 5.73 Å². The molecule has 2 aromatic rings. The van der Waals surface area contributed by atoms with Gasteiger partial charge in [-0.05, 0) is 18.6 Å². The lowest BCUT2D eigenvalue weighted by atomic mass is 10.00. The van der Waals surface area contributed by atoms with Crippen molar-refractivity contribution in [2.24, 2.45) is 5.73 Å². The zero-order valence-corrected chi connectivity index (χ0v) is 9.83. The van der Waals surface area contributed by atoms with Crippen LogP contribution >= 0.6 is 11.3 Å². The zero-order chi connectivity index (χ0) is 11.5. The molecule has 2 rings (SSSR count). The van der Waals surface area contributed by atoms with Crippen LogP contribution in [-0.2, 0) is 0 Å². The molecule has 1 aromatic carbocycles. The van der Waals surface area contributed by atoms with Gasteiger partial charge in [-0.1, -0.05) is 30.3 Å².